The van der Waals surface area contributed by atoms with E-state index in [2.05, 4.69) is 18.7 Å². The lowest BCUT2D eigenvalue weighted by molar-refractivity contribution is -0.140. The third kappa shape index (κ3) is 5.65. The molecule has 1 heterocycles. The largest absolute Gasteiger partial charge is 0.507 e. The van der Waals surface area contributed by atoms with Gasteiger partial charge in [-0.15, -0.1) is 0 Å². The zero-order valence-corrected chi connectivity index (χ0v) is 21.9. The number of methoxy groups -OCH3 is 2. The predicted octanol–water partition coefficient (Wildman–Crippen LogP) is 4.25. The molecule has 194 valence electrons. The van der Waals surface area contributed by atoms with Crippen molar-refractivity contribution >= 4 is 17.4 Å². The number of likely N-dealkylation sites (tertiary alicyclic amines) is 1. The van der Waals surface area contributed by atoms with Crippen molar-refractivity contribution in [2.75, 3.05) is 40.4 Å². The molecular formula is C28H36N2O6. The number of ketones is 1. The van der Waals surface area contributed by atoms with Gasteiger partial charge in [0.05, 0.1) is 31.9 Å². The van der Waals surface area contributed by atoms with Gasteiger partial charge in [-0.05, 0) is 68.9 Å². The van der Waals surface area contributed by atoms with Crippen LogP contribution in [0.4, 0.5) is 0 Å². The molecule has 0 unspecified atom stereocenters. The summed E-state index contributed by atoms with van der Waals surface area (Å²) < 4.78 is 16.5. The van der Waals surface area contributed by atoms with E-state index in [4.69, 9.17) is 14.2 Å². The molecule has 8 nitrogen and oxygen atoms in total. The van der Waals surface area contributed by atoms with Crippen LogP contribution in [0.1, 0.15) is 44.9 Å². The third-order valence-corrected chi connectivity index (χ3v) is 6.31. The van der Waals surface area contributed by atoms with Gasteiger partial charge in [-0.25, -0.2) is 0 Å². The minimum Gasteiger partial charge on any atom is -0.507 e. The molecule has 0 aliphatic carbocycles. The predicted molar refractivity (Wildman–Crippen MR) is 139 cm³/mol. The maximum absolute atomic E-state index is 13.3. The minimum atomic E-state index is -0.771. The van der Waals surface area contributed by atoms with Crippen molar-refractivity contribution in [1.82, 2.24) is 9.80 Å². The Morgan fingerprint density at radius 3 is 2.19 bits per heavy atom. The van der Waals surface area contributed by atoms with Crippen molar-refractivity contribution < 1.29 is 28.9 Å². The Hall–Kier alpha value is -3.52. The number of likely N-dealkylation sites (N-methyl/N-ethyl adjacent to an activating group) is 1. The van der Waals surface area contributed by atoms with Gasteiger partial charge in [0, 0.05) is 18.7 Å². The van der Waals surface area contributed by atoms with E-state index in [9.17, 15) is 14.7 Å². The SMILES string of the molecule is CCN(CC)CCN1C(=O)C(=O)C(=C(O)c2ccc(OC(C)C)cc2)[C@H]1c1ccc(OC)c(OC)c1. The maximum Gasteiger partial charge on any atom is 0.295 e. The highest BCUT2D eigenvalue weighted by molar-refractivity contribution is 6.46. The highest BCUT2D eigenvalue weighted by Gasteiger charge is 2.46. The summed E-state index contributed by atoms with van der Waals surface area (Å²) >= 11 is 0. The first kappa shape index (κ1) is 27.1. The van der Waals surface area contributed by atoms with E-state index in [1.165, 1.54) is 12.0 Å². The monoisotopic (exact) mass is 496 g/mol. The number of nitrogens with zero attached hydrogens (tertiary/aromatic N) is 2. The number of amides is 1. The van der Waals surface area contributed by atoms with E-state index >= 15 is 0 Å². The van der Waals surface area contributed by atoms with Crippen LogP contribution in [0, 0.1) is 0 Å². The fourth-order valence-corrected chi connectivity index (χ4v) is 4.39. The van der Waals surface area contributed by atoms with Crippen LogP contribution in [0.5, 0.6) is 17.2 Å². The topological polar surface area (TPSA) is 88.5 Å². The van der Waals surface area contributed by atoms with Crippen LogP contribution in [0.15, 0.2) is 48.0 Å². The zero-order chi connectivity index (χ0) is 26.4. The van der Waals surface area contributed by atoms with Gasteiger partial charge < -0.3 is 29.1 Å². The van der Waals surface area contributed by atoms with Gasteiger partial charge in [0.15, 0.2) is 11.5 Å². The van der Waals surface area contributed by atoms with Gasteiger partial charge in [0.2, 0.25) is 0 Å². The second-order valence-corrected chi connectivity index (χ2v) is 8.82. The number of ether oxygens (including phenoxy) is 3. The first-order chi connectivity index (χ1) is 17.2. The number of carbonyl (C=O) groups excluding carboxylic acids is 2. The van der Waals surface area contributed by atoms with Crippen LogP contribution in [0.3, 0.4) is 0 Å². The highest BCUT2D eigenvalue weighted by atomic mass is 16.5. The first-order valence-electron chi connectivity index (χ1n) is 12.2. The molecule has 3 rings (SSSR count). The molecule has 0 radical (unpaired) electrons. The maximum atomic E-state index is 13.3. The van der Waals surface area contributed by atoms with Crippen molar-refractivity contribution in [2.24, 2.45) is 0 Å². The fourth-order valence-electron chi connectivity index (χ4n) is 4.39. The molecule has 1 fully saturated rings. The molecule has 1 atom stereocenters. The molecule has 0 saturated carbocycles. The number of rotatable bonds is 11. The smallest absolute Gasteiger partial charge is 0.295 e. The molecule has 1 aliphatic heterocycles. The van der Waals surface area contributed by atoms with Crippen LogP contribution in [-0.4, -0.2) is 73.1 Å². The minimum absolute atomic E-state index is 0.00521. The summed E-state index contributed by atoms with van der Waals surface area (Å²) in [5.41, 5.74) is 1.12. The molecular weight excluding hydrogens is 460 g/mol. The lowest BCUT2D eigenvalue weighted by Crippen LogP contribution is -2.38. The molecule has 1 amide bonds. The normalized spacial score (nSPS) is 17.2. The van der Waals surface area contributed by atoms with Gasteiger partial charge in [-0.1, -0.05) is 19.9 Å². The summed E-state index contributed by atoms with van der Waals surface area (Å²) in [6.45, 7) is 10.5. The lowest BCUT2D eigenvalue weighted by atomic mass is 9.95. The van der Waals surface area contributed by atoms with E-state index < -0.39 is 17.7 Å². The Bertz CT molecular complexity index is 1110. The molecule has 1 aliphatic rings. The van der Waals surface area contributed by atoms with Crippen LogP contribution < -0.4 is 14.2 Å². The van der Waals surface area contributed by atoms with E-state index in [1.807, 2.05) is 13.8 Å². The average Bonchev–Trinajstić information content (AvgIpc) is 3.13. The Morgan fingerprint density at radius 1 is 1.00 bits per heavy atom. The lowest BCUT2D eigenvalue weighted by Gasteiger charge is -2.28. The van der Waals surface area contributed by atoms with Crippen LogP contribution in [-0.2, 0) is 9.59 Å². The van der Waals surface area contributed by atoms with Gasteiger partial charge in [0.1, 0.15) is 11.5 Å². The standard InChI is InChI=1S/C28H36N2O6/c1-7-29(8-2)15-16-30-25(20-11-14-22(34-5)23(17-20)35-6)24(27(32)28(30)33)26(31)19-9-12-21(13-10-19)36-18(3)4/h9-14,17-18,25,31H,7-8,15-16H2,1-6H3/t25-/m1/s1. The number of hydrogen-bond donors (Lipinski definition) is 1. The second kappa shape index (κ2) is 11.9. The summed E-state index contributed by atoms with van der Waals surface area (Å²) in [4.78, 5) is 30.2. The number of carbonyl (C=O) groups is 2. The molecule has 2 aromatic rings. The molecule has 1 saturated heterocycles. The van der Waals surface area contributed by atoms with E-state index in [0.717, 1.165) is 13.1 Å². The highest BCUT2D eigenvalue weighted by Crippen LogP contribution is 2.42. The Labute approximate surface area is 213 Å². The summed E-state index contributed by atoms with van der Waals surface area (Å²) in [7, 11) is 3.07. The van der Waals surface area contributed by atoms with Gasteiger partial charge in [-0.2, -0.15) is 0 Å². The molecule has 0 spiro atoms. The summed E-state index contributed by atoms with van der Waals surface area (Å²) in [5, 5.41) is 11.3. The number of Topliss-reactive ketones (excluding diaryl/α,β-unsaturated/α-hetero) is 1. The Kier molecular flexibility index (Phi) is 8.98. The van der Waals surface area contributed by atoms with Gasteiger partial charge in [-0.3, -0.25) is 9.59 Å². The third-order valence-electron chi connectivity index (χ3n) is 6.31. The number of aliphatic hydroxyl groups excluding tert-OH is 1. The quantitative estimate of drug-likeness (QED) is 0.283. The fraction of sp³-hybridized carbons (Fsp3) is 0.429. The van der Waals surface area contributed by atoms with Crippen molar-refractivity contribution in [2.45, 2.75) is 39.8 Å². The van der Waals surface area contributed by atoms with E-state index in [1.54, 1.807) is 49.6 Å². The van der Waals surface area contributed by atoms with Gasteiger partial charge >= 0.3 is 0 Å². The van der Waals surface area contributed by atoms with Crippen molar-refractivity contribution in [3.05, 3.63) is 59.2 Å². The molecule has 1 N–H and O–H groups in total. The average molecular weight is 497 g/mol. The number of hydrogen-bond acceptors (Lipinski definition) is 7. The Morgan fingerprint density at radius 2 is 1.64 bits per heavy atom. The van der Waals surface area contributed by atoms with E-state index in [-0.39, 0.29) is 17.4 Å². The first-order valence-corrected chi connectivity index (χ1v) is 12.2. The van der Waals surface area contributed by atoms with Crippen molar-refractivity contribution in [1.29, 1.82) is 0 Å². The van der Waals surface area contributed by atoms with Crippen molar-refractivity contribution in [3.63, 3.8) is 0 Å². The Balaban J connectivity index is 2.11. The second-order valence-electron chi connectivity index (χ2n) is 8.82. The molecule has 0 bridgehead atoms. The van der Waals surface area contributed by atoms with E-state index in [0.29, 0.717) is 41.5 Å². The van der Waals surface area contributed by atoms with Crippen LogP contribution >= 0.6 is 0 Å². The summed E-state index contributed by atoms with van der Waals surface area (Å²) in [5.74, 6) is 0.0754. The van der Waals surface area contributed by atoms with Crippen LogP contribution in [0.25, 0.3) is 5.76 Å². The van der Waals surface area contributed by atoms with Crippen LogP contribution in [0.2, 0.25) is 0 Å². The molecule has 0 aromatic heterocycles. The number of aliphatic hydroxyl groups is 1. The van der Waals surface area contributed by atoms with Gasteiger partial charge in [0.25, 0.3) is 11.7 Å². The molecule has 2 aromatic carbocycles. The summed E-state index contributed by atoms with van der Waals surface area (Å²) in [6.07, 6.45) is 0.00521. The zero-order valence-electron chi connectivity index (χ0n) is 21.9. The molecule has 36 heavy (non-hydrogen) atoms. The summed E-state index contributed by atoms with van der Waals surface area (Å²) in [6, 6.07) is 11.3. The number of benzene rings is 2. The van der Waals surface area contributed by atoms with Crippen molar-refractivity contribution in [3.8, 4) is 17.2 Å². The molecule has 8 heteroatoms.